The lowest BCUT2D eigenvalue weighted by molar-refractivity contribution is 0.232. The molecule has 0 saturated carbocycles. The summed E-state index contributed by atoms with van der Waals surface area (Å²) in [6.45, 7) is 5.57. The van der Waals surface area contributed by atoms with Crippen LogP contribution in [0.1, 0.15) is 36.8 Å². The first-order chi connectivity index (χ1) is 25.5. The molecule has 2 aliphatic rings. The van der Waals surface area contributed by atoms with Gasteiger partial charge in [0.05, 0.1) is 34.3 Å². The van der Waals surface area contributed by atoms with Gasteiger partial charge in [-0.1, -0.05) is 65.7 Å². The third-order valence-electron chi connectivity index (χ3n) is 9.29. The number of hydrogen-bond acceptors (Lipinski definition) is 8. The second-order valence-electron chi connectivity index (χ2n) is 13.2. The number of benzene rings is 3. The number of rotatable bonds is 11. The zero-order valence-electron chi connectivity index (χ0n) is 29.7. The van der Waals surface area contributed by atoms with E-state index in [9.17, 15) is 16.8 Å². The van der Waals surface area contributed by atoms with E-state index in [0.717, 1.165) is 52.4 Å². The lowest BCUT2D eigenvalue weighted by Gasteiger charge is -2.24. The van der Waals surface area contributed by atoms with Crippen molar-refractivity contribution in [1.82, 2.24) is 18.6 Å². The molecule has 7 rings (SSSR count). The fourth-order valence-electron chi connectivity index (χ4n) is 6.42. The van der Waals surface area contributed by atoms with Crippen molar-refractivity contribution in [2.75, 3.05) is 26.3 Å². The van der Waals surface area contributed by atoms with Crippen LogP contribution in [-0.4, -0.2) is 73.8 Å². The Labute approximate surface area is 321 Å². The highest BCUT2D eigenvalue weighted by Gasteiger charge is 2.37. The van der Waals surface area contributed by atoms with Crippen molar-refractivity contribution in [3.05, 3.63) is 131 Å². The van der Waals surface area contributed by atoms with Crippen LogP contribution in [0.4, 0.5) is 0 Å². The van der Waals surface area contributed by atoms with Crippen molar-refractivity contribution < 1.29 is 26.3 Å². The minimum absolute atomic E-state index is 0.157. The van der Waals surface area contributed by atoms with Crippen LogP contribution in [-0.2, 0) is 20.0 Å². The molecule has 0 unspecified atom stereocenters. The second-order valence-corrected chi connectivity index (χ2v) is 17.9. The smallest absolute Gasteiger partial charge is 0.243 e. The molecule has 278 valence electrons. The summed E-state index contributed by atoms with van der Waals surface area (Å²) < 4.78 is 67.6. The maximum absolute atomic E-state index is 13.1. The van der Waals surface area contributed by atoms with Gasteiger partial charge in [-0.3, -0.25) is 9.97 Å². The molecule has 10 nitrogen and oxygen atoms in total. The maximum Gasteiger partial charge on any atom is 0.243 e. The first-order valence-corrected chi connectivity index (χ1v) is 21.2. The number of hydrogen-bond donors (Lipinski definition) is 0. The molecule has 53 heavy (non-hydrogen) atoms. The van der Waals surface area contributed by atoms with E-state index in [1.54, 1.807) is 57.7 Å². The van der Waals surface area contributed by atoms with Gasteiger partial charge in [0.2, 0.25) is 20.0 Å². The van der Waals surface area contributed by atoms with Crippen LogP contribution >= 0.6 is 15.9 Å². The Morgan fingerprint density at radius 2 is 1.09 bits per heavy atom. The summed E-state index contributed by atoms with van der Waals surface area (Å²) >= 11 is 3.35. The van der Waals surface area contributed by atoms with Gasteiger partial charge in [-0.05, 0) is 97.4 Å². The number of nitrogens with zero attached hydrogens (tertiary/aromatic N) is 4. The van der Waals surface area contributed by atoms with Crippen LogP contribution in [0, 0.1) is 13.8 Å². The Kier molecular flexibility index (Phi) is 12.6. The summed E-state index contributed by atoms with van der Waals surface area (Å²) in [5.74, 6) is 1.27. The highest BCUT2D eigenvalue weighted by molar-refractivity contribution is 9.10. The molecule has 4 heterocycles. The lowest BCUT2D eigenvalue weighted by atomic mass is 10.1. The summed E-state index contributed by atoms with van der Waals surface area (Å²) in [5.41, 5.74) is 4.11. The minimum Gasteiger partial charge on any atom is -0.490 e. The summed E-state index contributed by atoms with van der Waals surface area (Å²) in [7, 11) is -7.01. The van der Waals surface area contributed by atoms with Crippen molar-refractivity contribution in [3.8, 4) is 22.6 Å². The predicted molar refractivity (Wildman–Crippen MR) is 209 cm³/mol. The molecule has 13 heteroatoms. The van der Waals surface area contributed by atoms with Gasteiger partial charge in [-0.15, -0.1) is 0 Å². The Balaban J connectivity index is 0.000000185. The summed E-state index contributed by atoms with van der Waals surface area (Å²) in [4.78, 5) is 9.00. The number of aromatic nitrogens is 2. The Hall–Kier alpha value is -4.14. The van der Waals surface area contributed by atoms with Crippen LogP contribution < -0.4 is 9.47 Å². The fraction of sp³-hybridized carbons (Fsp3) is 0.300. The molecule has 0 spiro atoms. The highest BCUT2D eigenvalue weighted by atomic mass is 79.9. The molecule has 2 atom stereocenters. The van der Waals surface area contributed by atoms with E-state index in [1.807, 2.05) is 80.6 Å². The normalized spacial score (nSPS) is 17.9. The van der Waals surface area contributed by atoms with Crippen LogP contribution in [0.15, 0.2) is 130 Å². The number of ether oxygens (including phenoxy) is 2. The van der Waals surface area contributed by atoms with Crippen LogP contribution in [0.2, 0.25) is 0 Å². The zero-order valence-corrected chi connectivity index (χ0v) is 32.9. The van der Waals surface area contributed by atoms with Crippen molar-refractivity contribution in [2.24, 2.45) is 0 Å². The van der Waals surface area contributed by atoms with Crippen molar-refractivity contribution in [2.45, 2.75) is 61.4 Å². The maximum atomic E-state index is 13.1. The molecular formula is C40H43BrN4O6S2. The molecule has 3 aromatic carbocycles. The molecule has 0 aliphatic carbocycles. The van der Waals surface area contributed by atoms with Gasteiger partial charge in [0.25, 0.3) is 0 Å². The summed E-state index contributed by atoms with van der Waals surface area (Å²) in [6, 6.07) is 27.4. The SMILES string of the molecule is Cc1ccc(S(=O)(=O)N2CCC[C@H]2COc2cncc(-c3ccccc3)c2)cc1.Cc1ccc(S(=O)(=O)N2CCC[C@H]2COc2cncc(Br)c2)cc1. The van der Waals surface area contributed by atoms with Gasteiger partial charge >= 0.3 is 0 Å². The Bertz CT molecular complexity index is 2190. The van der Waals surface area contributed by atoms with Gasteiger partial charge in [0.1, 0.15) is 24.7 Å². The standard InChI is InChI=1S/C23H24N2O3S.C17H19BrN2O3S/c1-18-9-11-23(12-10-18)29(26,27)25-13-5-8-21(25)17-28-22-14-20(15-24-16-22)19-6-3-2-4-7-19;1-13-4-6-17(7-5-13)24(21,22)20-8-2-3-15(20)12-23-16-9-14(18)10-19-11-16/h2-4,6-7,9-12,14-16,21H,5,8,13,17H2,1H3;4-7,9-11,15H,2-3,8,12H2,1H3/t21-;15-/m00/s1. The van der Waals surface area contributed by atoms with Crippen LogP contribution in [0.25, 0.3) is 11.1 Å². The third kappa shape index (κ3) is 9.70. The molecule has 0 radical (unpaired) electrons. The minimum atomic E-state index is -3.52. The first kappa shape index (κ1) is 38.6. The van der Waals surface area contributed by atoms with E-state index in [0.29, 0.717) is 47.6 Å². The molecule has 5 aromatic rings. The number of halogens is 1. The van der Waals surface area contributed by atoms with E-state index in [2.05, 4.69) is 25.9 Å². The summed E-state index contributed by atoms with van der Waals surface area (Å²) in [6.07, 6.45) is 10.0. The molecule has 2 saturated heterocycles. The van der Waals surface area contributed by atoms with Crippen LogP contribution in [0.3, 0.4) is 0 Å². The summed E-state index contributed by atoms with van der Waals surface area (Å²) in [5, 5.41) is 0. The van der Waals surface area contributed by atoms with E-state index in [1.165, 1.54) is 0 Å². The average molecular weight is 820 g/mol. The molecule has 0 amide bonds. The fourth-order valence-corrected chi connectivity index (χ4v) is 10.1. The van der Waals surface area contributed by atoms with E-state index < -0.39 is 20.0 Å². The number of pyridine rings is 2. The lowest BCUT2D eigenvalue weighted by Crippen LogP contribution is -2.39. The van der Waals surface area contributed by atoms with E-state index >= 15 is 0 Å². The van der Waals surface area contributed by atoms with Gasteiger partial charge < -0.3 is 9.47 Å². The molecule has 2 fully saturated rings. The van der Waals surface area contributed by atoms with Gasteiger partial charge in [-0.2, -0.15) is 8.61 Å². The first-order valence-electron chi connectivity index (χ1n) is 17.5. The van der Waals surface area contributed by atoms with Crippen molar-refractivity contribution in [3.63, 3.8) is 0 Å². The van der Waals surface area contributed by atoms with Crippen molar-refractivity contribution >= 4 is 36.0 Å². The predicted octanol–water partition coefficient (Wildman–Crippen LogP) is 7.67. The molecule has 0 N–H and O–H groups in total. The average Bonchev–Trinajstić information content (AvgIpc) is 3.86. The quantitative estimate of drug-likeness (QED) is 0.133. The monoisotopic (exact) mass is 818 g/mol. The van der Waals surface area contributed by atoms with Gasteiger partial charge in [0.15, 0.2) is 0 Å². The second kappa shape index (κ2) is 17.3. The molecule has 2 aliphatic heterocycles. The van der Waals surface area contributed by atoms with Gasteiger partial charge in [-0.25, -0.2) is 16.8 Å². The molecule has 2 aromatic heterocycles. The molecular weight excluding hydrogens is 776 g/mol. The van der Waals surface area contributed by atoms with Crippen molar-refractivity contribution in [1.29, 1.82) is 0 Å². The van der Waals surface area contributed by atoms with E-state index in [-0.39, 0.29) is 12.1 Å². The van der Waals surface area contributed by atoms with E-state index in [4.69, 9.17) is 9.47 Å². The van der Waals surface area contributed by atoms with Gasteiger partial charge in [0, 0.05) is 35.5 Å². The molecule has 0 bridgehead atoms. The highest BCUT2D eigenvalue weighted by Crippen LogP contribution is 2.29. The Morgan fingerprint density at radius 3 is 1.58 bits per heavy atom. The zero-order chi connectivity index (χ0) is 37.4. The topological polar surface area (TPSA) is 119 Å². The Morgan fingerprint density at radius 1 is 0.623 bits per heavy atom. The third-order valence-corrected chi connectivity index (χ3v) is 13.7. The largest absolute Gasteiger partial charge is 0.490 e. The van der Waals surface area contributed by atoms with Crippen LogP contribution in [0.5, 0.6) is 11.5 Å². The number of aryl methyl sites for hydroxylation is 2. The number of sulfonamides is 2.